The lowest BCUT2D eigenvalue weighted by molar-refractivity contribution is 0.411. The number of nitrogens with zero attached hydrogens (tertiary/aromatic N) is 1. The van der Waals surface area contributed by atoms with E-state index in [1.807, 2.05) is 0 Å². The molecule has 94 valence electrons. The maximum absolute atomic E-state index is 5.53. The summed E-state index contributed by atoms with van der Waals surface area (Å²) in [7, 11) is 2.21. The molecule has 2 heteroatoms. The van der Waals surface area contributed by atoms with Crippen LogP contribution in [0.3, 0.4) is 0 Å². The third-order valence-electron chi connectivity index (χ3n) is 3.73. The summed E-state index contributed by atoms with van der Waals surface area (Å²) in [5.74, 6) is 0.745. The second-order valence-electron chi connectivity index (χ2n) is 5.24. The Morgan fingerprint density at radius 1 is 1.35 bits per heavy atom. The van der Waals surface area contributed by atoms with Crippen molar-refractivity contribution in [2.24, 2.45) is 5.73 Å². The third-order valence-corrected chi connectivity index (χ3v) is 3.73. The molecule has 2 rings (SSSR count). The quantitative estimate of drug-likeness (QED) is 0.790. The summed E-state index contributed by atoms with van der Waals surface area (Å²) in [6.07, 6.45) is 4.83. The maximum atomic E-state index is 5.53. The lowest BCUT2D eigenvalue weighted by Crippen LogP contribution is -2.13. The zero-order valence-corrected chi connectivity index (χ0v) is 10.9. The first-order valence-electron chi connectivity index (χ1n) is 6.77. The van der Waals surface area contributed by atoms with Gasteiger partial charge in [0.05, 0.1) is 0 Å². The number of aryl methyl sites for hydroxylation is 1. The Morgan fingerprint density at radius 3 is 2.94 bits per heavy atom. The van der Waals surface area contributed by atoms with Crippen LogP contribution in [0.5, 0.6) is 0 Å². The van der Waals surface area contributed by atoms with Crippen LogP contribution in [-0.2, 0) is 6.42 Å². The Labute approximate surface area is 105 Å². The van der Waals surface area contributed by atoms with Gasteiger partial charge in [0.2, 0.25) is 0 Å². The number of unbranched alkanes of at least 4 members (excludes halogenated alkanes) is 1. The summed E-state index contributed by atoms with van der Waals surface area (Å²) in [5.41, 5.74) is 8.54. The van der Waals surface area contributed by atoms with Gasteiger partial charge >= 0.3 is 0 Å². The topological polar surface area (TPSA) is 29.3 Å². The highest BCUT2D eigenvalue weighted by Gasteiger charge is 2.20. The lowest BCUT2D eigenvalue weighted by atomic mass is 9.95. The van der Waals surface area contributed by atoms with Crippen LogP contribution in [0.15, 0.2) is 24.3 Å². The minimum atomic E-state index is 0.745. The van der Waals surface area contributed by atoms with Gasteiger partial charge in [0.25, 0.3) is 0 Å². The summed E-state index contributed by atoms with van der Waals surface area (Å²) in [6, 6.07) is 9.15. The van der Waals surface area contributed by atoms with E-state index < -0.39 is 0 Å². The Kier molecular flexibility index (Phi) is 4.57. The molecule has 1 atom stereocenters. The van der Waals surface area contributed by atoms with Gasteiger partial charge < -0.3 is 10.6 Å². The molecule has 1 aliphatic rings. The second-order valence-corrected chi connectivity index (χ2v) is 5.24. The predicted molar refractivity (Wildman–Crippen MR) is 73.3 cm³/mol. The van der Waals surface area contributed by atoms with E-state index in [2.05, 4.69) is 36.2 Å². The van der Waals surface area contributed by atoms with Crippen LogP contribution < -0.4 is 5.73 Å². The molecular weight excluding hydrogens is 208 g/mol. The summed E-state index contributed by atoms with van der Waals surface area (Å²) in [5, 5.41) is 0. The fourth-order valence-corrected chi connectivity index (χ4v) is 2.68. The second kappa shape index (κ2) is 6.18. The van der Waals surface area contributed by atoms with E-state index in [1.165, 1.54) is 43.5 Å². The standard InChI is InChI=1S/C15H24N2/c1-17-10-8-15(12-17)14-7-4-6-13(11-14)5-2-3-9-16/h4,6-7,11,15H,2-3,5,8-10,12,16H2,1H3. The van der Waals surface area contributed by atoms with Crippen molar-refractivity contribution in [1.29, 1.82) is 0 Å². The molecule has 1 saturated heterocycles. The summed E-state index contributed by atoms with van der Waals surface area (Å²) < 4.78 is 0. The normalized spacial score (nSPS) is 20.9. The van der Waals surface area contributed by atoms with Crippen molar-refractivity contribution in [1.82, 2.24) is 4.90 Å². The summed E-state index contributed by atoms with van der Waals surface area (Å²) >= 11 is 0. The van der Waals surface area contributed by atoms with Gasteiger partial charge in [0, 0.05) is 6.54 Å². The molecule has 0 aromatic heterocycles. The van der Waals surface area contributed by atoms with E-state index in [0.717, 1.165) is 18.9 Å². The molecule has 17 heavy (non-hydrogen) atoms. The van der Waals surface area contributed by atoms with Crippen LogP contribution in [0.25, 0.3) is 0 Å². The predicted octanol–water partition coefficient (Wildman–Crippen LogP) is 2.39. The van der Waals surface area contributed by atoms with Crippen molar-refractivity contribution in [3.8, 4) is 0 Å². The first kappa shape index (κ1) is 12.6. The molecule has 1 aromatic rings. The smallest absolute Gasteiger partial charge is 0.00477 e. The van der Waals surface area contributed by atoms with Crippen molar-refractivity contribution < 1.29 is 0 Å². The van der Waals surface area contributed by atoms with Crippen LogP contribution in [0.4, 0.5) is 0 Å². The average Bonchev–Trinajstić information content (AvgIpc) is 2.77. The van der Waals surface area contributed by atoms with Gasteiger partial charge in [0.15, 0.2) is 0 Å². The molecule has 0 amide bonds. The van der Waals surface area contributed by atoms with Gasteiger partial charge in [0.1, 0.15) is 0 Å². The zero-order chi connectivity index (χ0) is 12.1. The van der Waals surface area contributed by atoms with E-state index in [9.17, 15) is 0 Å². The van der Waals surface area contributed by atoms with Crippen LogP contribution in [0.1, 0.15) is 36.3 Å². The molecule has 0 bridgehead atoms. The fraction of sp³-hybridized carbons (Fsp3) is 0.600. The SMILES string of the molecule is CN1CCC(c2cccc(CCCCN)c2)C1. The molecule has 0 aliphatic carbocycles. The number of rotatable bonds is 5. The molecule has 0 spiro atoms. The van der Waals surface area contributed by atoms with E-state index in [-0.39, 0.29) is 0 Å². The summed E-state index contributed by atoms with van der Waals surface area (Å²) in [4.78, 5) is 2.42. The number of nitrogens with two attached hydrogens (primary N) is 1. The molecule has 1 heterocycles. The molecular formula is C15H24N2. The van der Waals surface area contributed by atoms with Gasteiger partial charge in [-0.1, -0.05) is 24.3 Å². The highest BCUT2D eigenvalue weighted by molar-refractivity contribution is 5.27. The summed E-state index contributed by atoms with van der Waals surface area (Å²) in [6.45, 7) is 3.27. The van der Waals surface area contributed by atoms with E-state index >= 15 is 0 Å². The van der Waals surface area contributed by atoms with Crippen molar-refractivity contribution in [2.45, 2.75) is 31.6 Å². The Balaban J connectivity index is 1.96. The molecule has 2 nitrogen and oxygen atoms in total. The third kappa shape index (κ3) is 3.55. The average molecular weight is 232 g/mol. The fourth-order valence-electron chi connectivity index (χ4n) is 2.68. The molecule has 1 unspecified atom stereocenters. The van der Waals surface area contributed by atoms with Crippen molar-refractivity contribution in [3.05, 3.63) is 35.4 Å². The van der Waals surface area contributed by atoms with Gasteiger partial charge in [-0.05, 0) is 62.9 Å². The van der Waals surface area contributed by atoms with E-state index in [4.69, 9.17) is 5.73 Å². The molecule has 1 fully saturated rings. The van der Waals surface area contributed by atoms with Crippen LogP contribution in [0.2, 0.25) is 0 Å². The molecule has 1 aliphatic heterocycles. The monoisotopic (exact) mass is 232 g/mol. The molecule has 2 N–H and O–H groups in total. The maximum Gasteiger partial charge on any atom is 0.00477 e. The number of likely N-dealkylation sites (tertiary alicyclic amines) is 1. The Morgan fingerprint density at radius 2 is 2.24 bits per heavy atom. The number of likely N-dealkylation sites (N-methyl/N-ethyl adjacent to an activating group) is 1. The number of hydrogen-bond donors (Lipinski definition) is 1. The molecule has 0 saturated carbocycles. The van der Waals surface area contributed by atoms with Gasteiger partial charge in [-0.2, -0.15) is 0 Å². The van der Waals surface area contributed by atoms with E-state index in [1.54, 1.807) is 0 Å². The minimum Gasteiger partial charge on any atom is -0.330 e. The minimum absolute atomic E-state index is 0.745. The van der Waals surface area contributed by atoms with Crippen LogP contribution in [0, 0.1) is 0 Å². The Bertz CT molecular complexity index is 349. The van der Waals surface area contributed by atoms with Crippen molar-refractivity contribution in [2.75, 3.05) is 26.7 Å². The van der Waals surface area contributed by atoms with Crippen molar-refractivity contribution >= 4 is 0 Å². The van der Waals surface area contributed by atoms with Gasteiger partial charge in [-0.3, -0.25) is 0 Å². The Hall–Kier alpha value is -0.860. The lowest BCUT2D eigenvalue weighted by Gasteiger charge is -2.12. The van der Waals surface area contributed by atoms with E-state index in [0.29, 0.717) is 0 Å². The molecule has 0 radical (unpaired) electrons. The van der Waals surface area contributed by atoms with Crippen molar-refractivity contribution in [3.63, 3.8) is 0 Å². The van der Waals surface area contributed by atoms with Gasteiger partial charge in [-0.25, -0.2) is 0 Å². The van der Waals surface area contributed by atoms with Gasteiger partial charge in [-0.15, -0.1) is 0 Å². The number of benzene rings is 1. The number of hydrogen-bond acceptors (Lipinski definition) is 2. The highest BCUT2D eigenvalue weighted by atomic mass is 15.1. The zero-order valence-electron chi connectivity index (χ0n) is 10.9. The molecule has 1 aromatic carbocycles. The largest absolute Gasteiger partial charge is 0.330 e. The van der Waals surface area contributed by atoms with Crippen LogP contribution in [-0.4, -0.2) is 31.6 Å². The highest BCUT2D eigenvalue weighted by Crippen LogP contribution is 2.26. The first-order chi connectivity index (χ1) is 8.29. The van der Waals surface area contributed by atoms with Crippen LogP contribution >= 0.6 is 0 Å². The first-order valence-corrected chi connectivity index (χ1v) is 6.77.